The van der Waals surface area contributed by atoms with Gasteiger partial charge in [-0.1, -0.05) is 0 Å². The Balaban J connectivity index is 3.63. The fourth-order valence-electron chi connectivity index (χ4n) is 1.49. The Morgan fingerprint density at radius 3 is 1.95 bits per heavy atom. The van der Waals surface area contributed by atoms with Crippen molar-refractivity contribution in [2.75, 3.05) is 12.5 Å². The summed E-state index contributed by atoms with van der Waals surface area (Å²) in [5.41, 5.74) is -0.570. The van der Waals surface area contributed by atoms with Crippen molar-refractivity contribution < 1.29 is 21.6 Å². The molecule has 0 saturated carbocycles. The predicted molar refractivity (Wildman–Crippen MR) is 81.2 cm³/mol. The molecule has 0 bridgehead atoms. The lowest BCUT2D eigenvalue weighted by molar-refractivity contribution is -0.530. The molecule has 0 fully saturated rings. The molecule has 0 N–H and O–H groups in total. The van der Waals surface area contributed by atoms with Crippen LogP contribution in [0.25, 0.3) is 0 Å². The summed E-state index contributed by atoms with van der Waals surface area (Å²) >= 11 is 0. The second-order valence-electron chi connectivity index (χ2n) is 5.87. The number of benzene rings is 1. The lowest BCUT2D eigenvalue weighted by atomic mass is 10.1. The van der Waals surface area contributed by atoms with Crippen LogP contribution in [0.3, 0.4) is 0 Å². The molecule has 1 aromatic rings. The Labute approximate surface area is 125 Å². The van der Waals surface area contributed by atoms with E-state index >= 15 is 0 Å². The second kappa shape index (κ2) is 5.42. The standard InChI is InChI=1S/C13H19NO5S2/c1-13(2,3)14(15)9-10-6-7-11(20(4,16)17)8-12(10)21(5,18)19/h6-9H,1-5H3/b14-9-. The summed E-state index contributed by atoms with van der Waals surface area (Å²) in [6, 6.07) is 3.68. The van der Waals surface area contributed by atoms with Gasteiger partial charge < -0.3 is 5.21 Å². The van der Waals surface area contributed by atoms with E-state index in [1.165, 1.54) is 12.1 Å². The number of hydroxylamine groups is 1. The molecule has 0 atom stereocenters. The van der Waals surface area contributed by atoms with E-state index in [0.29, 0.717) is 4.74 Å². The zero-order valence-corrected chi connectivity index (χ0v) is 14.2. The first-order valence-corrected chi connectivity index (χ1v) is 9.87. The monoisotopic (exact) mass is 333 g/mol. The molecule has 1 rings (SSSR count). The Hall–Kier alpha value is -1.41. The van der Waals surface area contributed by atoms with Crippen LogP contribution in [0.15, 0.2) is 28.0 Å². The Kier molecular flexibility index (Phi) is 4.55. The van der Waals surface area contributed by atoms with E-state index in [9.17, 15) is 22.0 Å². The van der Waals surface area contributed by atoms with Crippen molar-refractivity contribution in [2.24, 2.45) is 0 Å². The van der Waals surface area contributed by atoms with Crippen LogP contribution >= 0.6 is 0 Å². The zero-order chi connectivity index (χ0) is 16.6. The largest absolute Gasteiger partial charge is 0.623 e. The van der Waals surface area contributed by atoms with Crippen LogP contribution in [0.4, 0.5) is 0 Å². The summed E-state index contributed by atoms with van der Waals surface area (Å²) in [6.07, 6.45) is 3.12. The van der Waals surface area contributed by atoms with Crippen LogP contribution in [-0.2, 0) is 19.7 Å². The van der Waals surface area contributed by atoms with Crippen molar-refractivity contribution in [1.82, 2.24) is 0 Å². The normalized spacial score (nSPS) is 14.2. The van der Waals surface area contributed by atoms with Gasteiger partial charge in [-0.2, -0.15) is 0 Å². The van der Waals surface area contributed by atoms with Gasteiger partial charge in [-0.25, -0.2) is 21.6 Å². The molecule has 0 aromatic heterocycles. The molecule has 0 unspecified atom stereocenters. The highest BCUT2D eigenvalue weighted by Crippen LogP contribution is 2.20. The molecule has 0 aliphatic rings. The predicted octanol–water partition coefficient (Wildman–Crippen LogP) is 1.22. The van der Waals surface area contributed by atoms with Crippen molar-refractivity contribution in [1.29, 1.82) is 0 Å². The van der Waals surface area contributed by atoms with Gasteiger partial charge in [-0.3, -0.25) is 0 Å². The van der Waals surface area contributed by atoms with E-state index in [1.807, 2.05) is 0 Å². The quantitative estimate of drug-likeness (QED) is 0.359. The van der Waals surface area contributed by atoms with E-state index < -0.39 is 25.2 Å². The summed E-state index contributed by atoms with van der Waals surface area (Å²) < 4.78 is 47.3. The summed E-state index contributed by atoms with van der Waals surface area (Å²) in [6.45, 7) is 5.05. The summed E-state index contributed by atoms with van der Waals surface area (Å²) in [5.74, 6) is 0. The first kappa shape index (κ1) is 17.6. The van der Waals surface area contributed by atoms with Gasteiger partial charge in [0, 0.05) is 33.3 Å². The molecule has 8 heteroatoms. The molecular formula is C13H19NO5S2. The minimum atomic E-state index is -3.67. The lowest BCUT2D eigenvalue weighted by Crippen LogP contribution is -2.29. The minimum absolute atomic E-state index is 0.103. The fraction of sp³-hybridized carbons (Fsp3) is 0.462. The molecule has 0 spiro atoms. The first-order valence-electron chi connectivity index (χ1n) is 6.08. The van der Waals surface area contributed by atoms with Crippen LogP contribution in [0.1, 0.15) is 26.3 Å². The van der Waals surface area contributed by atoms with Crippen molar-refractivity contribution in [2.45, 2.75) is 36.1 Å². The summed E-state index contributed by atoms with van der Waals surface area (Å²) in [4.78, 5) is -0.288. The molecule has 0 saturated heterocycles. The van der Waals surface area contributed by atoms with Gasteiger partial charge in [0.2, 0.25) is 0 Å². The summed E-state index contributed by atoms with van der Waals surface area (Å²) in [5, 5.41) is 11.9. The van der Waals surface area contributed by atoms with Crippen LogP contribution in [-0.4, -0.2) is 45.8 Å². The Morgan fingerprint density at radius 2 is 1.57 bits per heavy atom. The molecule has 118 valence electrons. The third kappa shape index (κ3) is 4.53. The van der Waals surface area contributed by atoms with Crippen LogP contribution in [0, 0.1) is 5.21 Å². The van der Waals surface area contributed by atoms with Gasteiger partial charge in [-0.15, -0.1) is 0 Å². The van der Waals surface area contributed by atoms with E-state index in [0.717, 1.165) is 24.8 Å². The molecule has 0 radical (unpaired) electrons. The van der Waals surface area contributed by atoms with Gasteiger partial charge in [-0.05, 0) is 18.2 Å². The molecule has 1 aromatic carbocycles. The van der Waals surface area contributed by atoms with E-state index in [2.05, 4.69) is 0 Å². The maximum atomic E-state index is 11.9. The average molecular weight is 333 g/mol. The van der Waals surface area contributed by atoms with E-state index in [1.54, 1.807) is 20.8 Å². The highest BCUT2D eigenvalue weighted by Gasteiger charge is 2.22. The molecule has 0 amide bonds. The summed E-state index contributed by atoms with van der Waals surface area (Å²) in [7, 11) is -7.20. The number of hydrogen-bond acceptors (Lipinski definition) is 5. The van der Waals surface area contributed by atoms with E-state index in [-0.39, 0.29) is 15.4 Å². The maximum absolute atomic E-state index is 11.9. The third-order valence-corrected chi connectivity index (χ3v) is 4.99. The molecule has 0 heterocycles. The Bertz CT molecular complexity index is 784. The minimum Gasteiger partial charge on any atom is -0.623 e. The first-order chi connectivity index (χ1) is 9.23. The Morgan fingerprint density at radius 1 is 1.05 bits per heavy atom. The van der Waals surface area contributed by atoms with Crippen molar-refractivity contribution in [3.63, 3.8) is 0 Å². The van der Waals surface area contributed by atoms with Crippen molar-refractivity contribution in [3.05, 3.63) is 29.0 Å². The number of sulfone groups is 2. The molecule has 6 nitrogen and oxygen atoms in total. The van der Waals surface area contributed by atoms with Crippen LogP contribution < -0.4 is 0 Å². The van der Waals surface area contributed by atoms with Crippen LogP contribution in [0.5, 0.6) is 0 Å². The van der Waals surface area contributed by atoms with Gasteiger partial charge >= 0.3 is 0 Å². The molecule has 0 aliphatic carbocycles. The van der Waals surface area contributed by atoms with Gasteiger partial charge in [0.05, 0.1) is 15.4 Å². The van der Waals surface area contributed by atoms with Crippen molar-refractivity contribution >= 4 is 25.9 Å². The zero-order valence-electron chi connectivity index (χ0n) is 12.6. The van der Waals surface area contributed by atoms with Gasteiger partial charge in [0.1, 0.15) is 0 Å². The number of hydrogen-bond donors (Lipinski definition) is 0. The molecule has 21 heavy (non-hydrogen) atoms. The number of rotatable bonds is 3. The average Bonchev–Trinajstić information content (AvgIpc) is 2.25. The fourth-order valence-corrected chi connectivity index (χ4v) is 3.10. The highest BCUT2D eigenvalue weighted by atomic mass is 32.2. The van der Waals surface area contributed by atoms with Crippen LogP contribution in [0.2, 0.25) is 0 Å². The van der Waals surface area contributed by atoms with Gasteiger partial charge in [0.15, 0.2) is 31.4 Å². The van der Waals surface area contributed by atoms with Gasteiger partial charge in [0.25, 0.3) is 0 Å². The van der Waals surface area contributed by atoms with Crippen molar-refractivity contribution in [3.8, 4) is 0 Å². The highest BCUT2D eigenvalue weighted by molar-refractivity contribution is 7.91. The molecule has 0 aliphatic heterocycles. The second-order valence-corrected chi connectivity index (χ2v) is 9.87. The SMILES string of the molecule is CC(C)(C)/[N+]([O-])=C/c1ccc(S(C)(=O)=O)cc1S(C)(=O)=O. The maximum Gasteiger partial charge on any atom is 0.183 e. The lowest BCUT2D eigenvalue weighted by Gasteiger charge is -2.19. The smallest absolute Gasteiger partial charge is 0.183 e. The van der Waals surface area contributed by atoms with E-state index in [4.69, 9.17) is 0 Å². The third-order valence-electron chi connectivity index (χ3n) is 2.73. The topological polar surface area (TPSA) is 94.3 Å². The number of nitrogens with zero attached hydrogens (tertiary/aromatic N) is 1. The molecular weight excluding hydrogens is 314 g/mol.